The Labute approximate surface area is 103 Å². The van der Waals surface area contributed by atoms with Crippen LogP contribution in [-0.4, -0.2) is 5.91 Å². The average molecular weight is 247 g/mol. The van der Waals surface area contributed by atoms with Crippen LogP contribution in [0.5, 0.6) is 0 Å². The van der Waals surface area contributed by atoms with Crippen molar-refractivity contribution in [2.45, 2.75) is 6.92 Å². The van der Waals surface area contributed by atoms with Gasteiger partial charge in [0.25, 0.3) is 0 Å². The fraction of sp³-hybridized carbons (Fsp3) is 0.0714. The molecule has 0 saturated carbocycles. The van der Waals surface area contributed by atoms with E-state index in [4.69, 9.17) is 5.73 Å². The third-order valence-electron chi connectivity index (χ3n) is 2.63. The number of amides is 1. The molecule has 0 unspecified atom stereocenters. The SMILES string of the molecule is Cc1cccc(-c2c(F)cc(C(N)=O)cc2F)c1. The predicted octanol–water partition coefficient (Wildman–Crippen LogP) is 3.04. The highest BCUT2D eigenvalue weighted by atomic mass is 19.1. The van der Waals surface area contributed by atoms with E-state index in [1.165, 1.54) is 0 Å². The maximum atomic E-state index is 13.8. The maximum Gasteiger partial charge on any atom is 0.248 e. The molecule has 2 nitrogen and oxygen atoms in total. The number of carbonyl (C=O) groups is 1. The van der Waals surface area contributed by atoms with Crippen LogP contribution < -0.4 is 5.73 Å². The monoisotopic (exact) mass is 247 g/mol. The Bertz CT molecular complexity index is 600. The zero-order valence-corrected chi connectivity index (χ0v) is 9.71. The minimum atomic E-state index is -0.858. The van der Waals surface area contributed by atoms with E-state index in [0.29, 0.717) is 5.56 Å². The number of benzene rings is 2. The summed E-state index contributed by atoms with van der Waals surface area (Å²) < 4.78 is 27.7. The van der Waals surface area contributed by atoms with Gasteiger partial charge in [0.1, 0.15) is 11.6 Å². The lowest BCUT2D eigenvalue weighted by atomic mass is 10.0. The third kappa shape index (κ3) is 2.22. The molecule has 2 N–H and O–H groups in total. The summed E-state index contributed by atoms with van der Waals surface area (Å²) in [5, 5.41) is 0. The van der Waals surface area contributed by atoms with Crippen LogP contribution in [0.3, 0.4) is 0 Å². The largest absolute Gasteiger partial charge is 0.366 e. The number of hydrogen-bond acceptors (Lipinski definition) is 1. The van der Waals surface area contributed by atoms with E-state index < -0.39 is 17.5 Å². The number of primary amides is 1. The van der Waals surface area contributed by atoms with Gasteiger partial charge in [0.05, 0.1) is 5.56 Å². The lowest BCUT2D eigenvalue weighted by molar-refractivity contribution is 0.0999. The van der Waals surface area contributed by atoms with Gasteiger partial charge in [0.2, 0.25) is 5.91 Å². The van der Waals surface area contributed by atoms with E-state index >= 15 is 0 Å². The molecule has 0 atom stereocenters. The van der Waals surface area contributed by atoms with Gasteiger partial charge in [0.15, 0.2) is 0 Å². The smallest absolute Gasteiger partial charge is 0.248 e. The molecule has 4 heteroatoms. The Morgan fingerprint density at radius 2 is 1.72 bits per heavy atom. The van der Waals surface area contributed by atoms with Gasteiger partial charge in [-0.1, -0.05) is 29.8 Å². The van der Waals surface area contributed by atoms with Crippen molar-refractivity contribution in [2.24, 2.45) is 5.73 Å². The zero-order chi connectivity index (χ0) is 13.3. The highest BCUT2D eigenvalue weighted by Crippen LogP contribution is 2.27. The second kappa shape index (κ2) is 4.56. The first-order chi connectivity index (χ1) is 8.49. The molecule has 0 aliphatic rings. The van der Waals surface area contributed by atoms with Crippen LogP contribution in [0.15, 0.2) is 36.4 Å². The zero-order valence-electron chi connectivity index (χ0n) is 9.71. The molecular weight excluding hydrogens is 236 g/mol. The number of hydrogen-bond donors (Lipinski definition) is 1. The van der Waals surface area contributed by atoms with Gasteiger partial charge >= 0.3 is 0 Å². The number of aryl methyl sites for hydroxylation is 1. The topological polar surface area (TPSA) is 43.1 Å². The summed E-state index contributed by atoms with van der Waals surface area (Å²) in [6.45, 7) is 1.83. The fourth-order valence-corrected chi connectivity index (χ4v) is 1.79. The van der Waals surface area contributed by atoms with Gasteiger partial charge in [0, 0.05) is 5.56 Å². The van der Waals surface area contributed by atoms with Crippen molar-refractivity contribution in [3.63, 3.8) is 0 Å². The Morgan fingerprint density at radius 3 is 2.22 bits per heavy atom. The Morgan fingerprint density at radius 1 is 1.11 bits per heavy atom. The summed E-state index contributed by atoms with van der Waals surface area (Å²) in [5.41, 5.74) is 5.99. The standard InChI is InChI=1S/C14H11F2NO/c1-8-3-2-4-9(5-8)13-11(15)6-10(14(17)18)7-12(13)16/h2-7H,1H3,(H2,17,18). The molecule has 0 aromatic heterocycles. The summed E-state index contributed by atoms with van der Waals surface area (Å²) in [5.74, 6) is -2.45. The molecule has 0 bridgehead atoms. The highest BCUT2D eigenvalue weighted by molar-refractivity contribution is 5.93. The van der Waals surface area contributed by atoms with Crippen molar-refractivity contribution in [2.75, 3.05) is 0 Å². The minimum Gasteiger partial charge on any atom is -0.366 e. The first-order valence-electron chi connectivity index (χ1n) is 5.35. The van der Waals surface area contributed by atoms with Crippen molar-refractivity contribution >= 4 is 5.91 Å². The summed E-state index contributed by atoms with van der Waals surface area (Å²) in [7, 11) is 0. The van der Waals surface area contributed by atoms with E-state index in [1.54, 1.807) is 18.2 Å². The molecule has 0 aliphatic heterocycles. The molecule has 2 aromatic carbocycles. The molecule has 1 amide bonds. The lowest BCUT2D eigenvalue weighted by Crippen LogP contribution is -2.12. The lowest BCUT2D eigenvalue weighted by Gasteiger charge is -2.07. The number of rotatable bonds is 2. The van der Waals surface area contributed by atoms with Crippen LogP contribution >= 0.6 is 0 Å². The predicted molar refractivity (Wildman–Crippen MR) is 65.0 cm³/mol. The van der Waals surface area contributed by atoms with Crippen LogP contribution in [0.1, 0.15) is 15.9 Å². The minimum absolute atomic E-state index is 0.149. The summed E-state index contributed by atoms with van der Waals surface area (Å²) in [4.78, 5) is 10.9. The van der Waals surface area contributed by atoms with Crippen LogP contribution in [0.4, 0.5) is 8.78 Å². The van der Waals surface area contributed by atoms with Crippen LogP contribution in [0.25, 0.3) is 11.1 Å². The van der Waals surface area contributed by atoms with Gasteiger partial charge in [-0.25, -0.2) is 8.78 Å². The van der Waals surface area contributed by atoms with E-state index in [9.17, 15) is 13.6 Å². The van der Waals surface area contributed by atoms with Gasteiger partial charge in [-0.2, -0.15) is 0 Å². The molecule has 92 valence electrons. The molecule has 18 heavy (non-hydrogen) atoms. The number of nitrogens with two attached hydrogens (primary N) is 1. The van der Waals surface area contributed by atoms with Crippen molar-refractivity contribution in [3.8, 4) is 11.1 Å². The van der Waals surface area contributed by atoms with Gasteiger partial charge in [-0.15, -0.1) is 0 Å². The molecule has 2 rings (SSSR count). The highest BCUT2D eigenvalue weighted by Gasteiger charge is 2.15. The van der Waals surface area contributed by atoms with E-state index in [-0.39, 0.29) is 11.1 Å². The molecular formula is C14H11F2NO. The quantitative estimate of drug-likeness (QED) is 0.870. The summed E-state index contributed by atoms with van der Waals surface area (Å²) in [6, 6.07) is 8.72. The van der Waals surface area contributed by atoms with E-state index in [0.717, 1.165) is 17.7 Å². The first kappa shape index (κ1) is 12.2. The fourth-order valence-electron chi connectivity index (χ4n) is 1.79. The summed E-state index contributed by atoms with van der Waals surface area (Å²) in [6.07, 6.45) is 0. The number of halogens is 2. The normalized spacial score (nSPS) is 10.4. The molecule has 0 fully saturated rings. The van der Waals surface area contributed by atoms with Crippen molar-refractivity contribution in [1.82, 2.24) is 0 Å². The second-order valence-electron chi connectivity index (χ2n) is 4.05. The maximum absolute atomic E-state index is 13.8. The Kier molecular flexibility index (Phi) is 3.10. The van der Waals surface area contributed by atoms with Gasteiger partial charge < -0.3 is 5.73 Å². The molecule has 0 radical (unpaired) electrons. The van der Waals surface area contributed by atoms with E-state index in [1.807, 2.05) is 13.0 Å². The Hall–Kier alpha value is -2.23. The van der Waals surface area contributed by atoms with Gasteiger partial charge in [-0.05, 0) is 24.6 Å². The van der Waals surface area contributed by atoms with Crippen LogP contribution in [0, 0.1) is 18.6 Å². The van der Waals surface area contributed by atoms with Crippen LogP contribution in [-0.2, 0) is 0 Å². The van der Waals surface area contributed by atoms with Crippen molar-refractivity contribution < 1.29 is 13.6 Å². The third-order valence-corrected chi connectivity index (χ3v) is 2.63. The first-order valence-corrected chi connectivity index (χ1v) is 5.35. The van der Waals surface area contributed by atoms with Crippen molar-refractivity contribution in [3.05, 3.63) is 59.2 Å². The number of carbonyl (C=O) groups excluding carboxylic acids is 1. The molecule has 0 heterocycles. The van der Waals surface area contributed by atoms with E-state index in [2.05, 4.69) is 0 Å². The second-order valence-corrected chi connectivity index (χ2v) is 4.05. The van der Waals surface area contributed by atoms with Gasteiger partial charge in [-0.3, -0.25) is 4.79 Å². The van der Waals surface area contributed by atoms with Crippen LogP contribution in [0.2, 0.25) is 0 Å². The average Bonchev–Trinajstić information content (AvgIpc) is 2.27. The molecule has 0 aliphatic carbocycles. The molecule has 0 spiro atoms. The van der Waals surface area contributed by atoms with Crippen molar-refractivity contribution in [1.29, 1.82) is 0 Å². The molecule has 0 saturated heterocycles. The Balaban J connectivity index is 2.62. The summed E-state index contributed by atoms with van der Waals surface area (Å²) >= 11 is 0. The molecule has 2 aromatic rings.